The molecule has 0 bridgehead atoms. The van der Waals surface area contributed by atoms with E-state index >= 15 is 0 Å². The average molecular weight is 339 g/mol. The van der Waals surface area contributed by atoms with Gasteiger partial charge in [0.15, 0.2) is 5.75 Å². The Morgan fingerprint density at radius 2 is 1.86 bits per heavy atom. The molecule has 5 heteroatoms. The van der Waals surface area contributed by atoms with E-state index in [1.54, 1.807) is 24.3 Å². The second kappa shape index (κ2) is 5.32. The van der Waals surface area contributed by atoms with Gasteiger partial charge in [0.1, 0.15) is 23.5 Å². The molecule has 0 radical (unpaired) electrons. The standard InChI is InChI=1S/C16H7BrN2O2/c17-13-7-11(6-5-10(13)8-18)20-16-12-3-1-2-4-14(12)21-15(16)9-19/h1-7H. The Balaban J connectivity index is 2.08. The number of fused-ring (bicyclic) bond motifs is 1. The molecule has 3 rings (SSSR count). The molecular formula is C16H7BrN2O2. The maximum atomic E-state index is 9.16. The number of furan rings is 1. The minimum Gasteiger partial charge on any atom is -0.452 e. The van der Waals surface area contributed by atoms with E-state index in [-0.39, 0.29) is 5.76 Å². The molecule has 0 unspecified atom stereocenters. The Labute approximate surface area is 128 Å². The monoisotopic (exact) mass is 338 g/mol. The summed E-state index contributed by atoms with van der Waals surface area (Å²) in [7, 11) is 0. The number of rotatable bonds is 2. The maximum Gasteiger partial charge on any atom is 0.247 e. The van der Waals surface area contributed by atoms with Gasteiger partial charge in [-0.15, -0.1) is 0 Å². The van der Waals surface area contributed by atoms with Gasteiger partial charge in [-0.05, 0) is 46.3 Å². The molecule has 100 valence electrons. The quantitative estimate of drug-likeness (QED) is 0.677. The zero-order valence-electron chi connectivity index (χ0n) is 10.6. The molecule has 1 aromatic heterocycles. The summed E-state index contributed by atoms with van der Waals surface area (Å²) in [5.41, 5.74) is 1.11. The second-order valence-electron chi connectivity index (χ2n) is 4.22. The SMILES string of the molecule is N#Cc1ccc(Oc2c(C#N)oc3ccccc23)cc1Br. The fraction of sp³-hybridized carbons (Fsp3) is 0. The van der Waals surface area contributed by atoms with Crippen molar-refractivity contribution in [1.29, 1.82) is 10.5 Å². The summed E-state index contributed by atoms with van der Waals surface area (Å²) in [6.45, 7) is 0. The molecule has 0 saturated carbocycles. The lowest BCUT2D eigenvalue weighted by Crippen LogP contribution is -1.87. The third-order valence-electron chi connectivity index (χ3n) is 2.93. The summed E-state index contributed by atoms with van der Waals surface area (Å²) < 4.78 is 11.9. The number of benzene rings is 2. The summed E-state index contributed by atoms with van der Waals surface area (Å²) in [5.74, 6) is 1.02. The molecule has 4 nitrogen and oxygen atoms in total. The molecule has 0 fully saturated rings. The largest absolute Gasteiger partial charge is 0.452 e. The first-order chi connectivity index (χ1) is 10.2. The third kappa shape index (κ3) is 2.35. The maximum absolute atomic E-state index is 9.16. The number of para-hydroxylation sites is 1. The molecule has 21 heavy (non-hydrogen) atoms. The van der Waals surface area contributed by atoms with Crippen molar-refractivity contribution >= 4 is 26.9 Å². The predicted octanol–water partition coefficient (Wildman–Crippen LogP) is 4.73. The molecule has 0 amide bonds. The van der Waals surface area contributed by atoms with Crippen LogP contribution >= 0.6 is 15.9 Å². The van der Waals surface area contributed by atoms with Crippen molar-refractivity contribution < 1.29 is 9.15 Å². The summed E-state index contributed by atoms with van der Waals surface area (Å²) in [4.78, 5) is 0. The molecule has 0 spiro atoms. The van der Waals surface area contributed by atoms with Gasteiger partial charge in [-0.2, -0.15) is 10.5 Å². The highest BCUT2D eigenvalue weighted by molar-refractivity contribution is 9.10. The molecule has 0 saturated heterocycles. The summed E-state index contributed by atoms with van der Waals surface area (Å²) in [6, 6.07) is 16.3. The van der Waals surface area contributed by atoms with Gasteiger partial charge in [0.25, 0.3) is 0 Å². The van der Waals surface area contributed by atoms with Gasteiger partial charge < -0.3 is 9.15 Å². The first-order valence-corrected chi connectivity index (χ1v) is 6.81. The molecular weight excluding hydrogens is 332 g/mol. The lowest BCUT2D eigenvalue weighted by atomic mass is 10.2. The highest BCUT2D eigenvalue weighted by Crippen LogP contribution is 2.36. The van der Waals surface area contributed by atoms with Crippen molar-refractivity contribution in [2.75, 3.05) is 0 Å². The van der Waals surface area contributed by atoms with E-state index in [4.69, 9.17) is 19.7 Å². The Morgan fingerprint density at radius 3 is 2.57 bits per heavy atom. The summed E-state index contributed by atoms with van der Waals surface area (Å²) in [6.07, 6.45) is 0. The normalized spacial score (nSPS) is 10.0. The van der Waals surface area contributed by atoms with Crippen LogP contribution in [-0.4, -0.2) is 0 Å². The van der Waals surface area contributed by atoms with Gasteiger partial charge in [-0.1, -0.05) is 12.1 Å². The van der Waals surface area contributed by atoms with Gasteiger partial charge in [-0.3, -0.25) is 0 Å². The number of nitrogens with zero attached hydrogens (tertiary/aromatic N) is 2. The van der Waals surface area contributed by atoms with Crippen LogP contribution in [0, 0.1) is 22.7 Å². The molecule has 0 aliphatic heterocycles. The van der Waals surface area contributed by atoms with Crippen molar-refractivity contribution in [1.82, 2.24) is 0 Å². The number of ether oxygens (including phenoxy) is 1. The fourth-order valence-corrected chi connectivity index (χ4v) is 2.41. The van der Waals surface area contributed by atoms with Crippen LogP contribution in [0.25, 0.3) is 11.0 Å². The third-order valence-corrected chi connectivity index (χ3v) is 3.59. The Kier molecular flexibility index (Phi) is 3.35. The first kappa shape index (κ1) is 13.2. The van der Waals surface area contributed by atoms with Crippen LogP contribution in [0.1, 0.15) is 11.3 Å². The predicted molar refractivity (Wildman–Crippen MR) is 79.9 cm³/mol. The van der Waals surface area contributed by atoms with Crippen LogP contribution in [0.4, 0.5) is 0 Å². The van der Waals surface area contributed by atoms with Crippen molar-refractivity contribution in [2.24, 2.45) is 0 Å². The van der Waals surface area contributed by atoms with E-state index in [9.17, 15) is 0 Å². The zero-order chi connectivity index (χ0) is 14.8. The Bertz CT molecular complexity index is 916. The lowest BCUT2D eigenvalue weighted by Gasteiger charge is -2.05. The number of hydrogen-bond donors (Lipinski definition) is 0. The molecule has 3 aromatic rings. The minimum atomic E-state index is 0.122. The number of hydrogen-bond acceptors (Lipinski definition) is 4. The second-order valence-corrected chi connectivity index (χ2v) is 5.08. The summed E-state index contributed by atoms with van der Waals surface area (Å²) >= 11 is 3.31. The van der Waals surface area contributed by atoms with Crippen molar-refractivity contribution in [3.63, 3.8) is 0 Å². The molecule has 2 aromatic carbocycles. The first-order valence-electron chi connectivity index (χ1n) is 6.02. The number of nitriles is 2. The highest BCUT2D eigenvalue weighted by atomic mass is 79.9. The van der Waals surface area contributed by atoms with E-state index in [2.05, 4.69) is 22.0 Å². The van der Waals surface area contributed by atoms with Crippen LogP contribution in [0.5, 0.6) is 11.5 Å². The van der Waals surface area contributed by atoms with Crippen LogP contribution in [0.3, 0.4) is 0 Å². The molecule has 0 N–H and O–H groups in total. The fourth-order valence-electron chi connectivity index (χ4n) is 1.96. The topological polar surface area (TPSA) is 69.9 Å². The van der Waals surface area contributed by atoms with Crippen molar-refractivity contribution in [2.45, 2.75) is 0 Å². The minimum absolute atomic E-state index is 0.122. The van der Waals surface area contributed by atoms with E-state index in [1.165, 1.54) is 0 Å². The summed E-state index contributed by atoms with van der Waals surface area (Å²) in [5, 5.41) is 18.8. The van der Waals surface area contributed by atoms with E-state index < -0.39 is 0 Å². The van der Waals surface area contributed by atoms with Crippen molar-refractivity contribution in [3.8, 4) is 23.6 Å². The smallest absolute Gasteiger partial charge is 0.247 e. The Morgan fingerprint density at radius 1 is 1.05 bits per heavy atom. The van der Waals surface area contributed by atoms with Crippen molar-refractivity contribution in [3.05, 3.63) is 58.3 Å². The molecule has 0 atom stereocenters. The van der Waals surface area contributed by atoms with E-state index in [0.717, 1.165) is 5.39 Å². The lowest BCUT2D eigenvalue weighted by molar-refractivity contribution is 0.467. The molecule has 0 aliphatic carbocycles. The zero-order valence-corrected chi connectivity index (χ0v) is 12.2. The van der Waals surface area contributed by atoms with Gasteiger partial charge in [0, 0.05) is 4.47 Å². The van der Waals surface area contributed by atoms with Crippen LogP contribution < -0.4 is 4.74 Å². The van der Waals surface area contributed by atoms with Crippen LogP contribution in [0.15, 0.2) is 51.4 Å². The highest BCUT2D eigenvalue weighted by Gasteiger charge is 2.16. The number of halogens is 1. The average Bonchev–Trinajstić information content (AvgIpc) is 2.86. The van der Waals surface area contributed by atoms with Gasteiger partial charge in [0.2, 0.25) is 5.76 Å². The van der Waals surface area contributed by atoms with E-state index in [0.29, 0.717) is 27.1 Å². The molecule has 0 aliphatic rings. The van der Waals surface area contributed by atoms with Crippen LogP contribution in [0.2, 0.25) is 0 Å². The molecule has 1 heterocycles. The Hall–Kier alpha value is -2.76. The van der Waals surface area contributed by atoms with Gasteiger partial charge in [-0.25, -0.2) is 0 Å². The van der Waals surface area contributed by atoms with Gasteiger partial charge >= 0.3 is 0 Å². The van der Waals surface area contributed by atoms with Crippen LogP contribution in [-0.2, 0) is 0 Å². The van der Waals surface area contributed by atoms with Gasteiger partial charge in [0.05, 0.1) is 10.9 Å². The van der Waals surface area contributed by atoms with E-state index in [1.807, 2.05) is 24.3 Å².